The van der Waals surface area contributed by atoms with Gasteiger partial charge in [-0.1, -0.05) is 18.2 Å². The van der Waals surface area contributed by atoms with E-state index in [4.69, 9.17) is 5.73 Å². The van der Waals surface area contributed by atoms with Crippen molar-refractivity contribution < 1.29 is 13.2 Å². The normalized spacial score (nSPS) is 11.6. The molecule has 0 aliphatic rings. The first-order chi connectivity index (χ1) is 10.00. The van der Waals surface area contributed by atoms with Gasteiger partial charge in [0.25, 0.3) is 10.0 Å². The molecule has 0 saturated heterocycles. The summed E-state index contributed by atoms with van der Waals surface area (Å²) in [6, 6.07) is 14.5. The molecule has 1 heterocycles. The third-order valence-corrected chi connectivity index (χ3v) is 4.94. The standard InChI is InChI=1S/C15H12N2O3S/c16-15(18)12-6-7-14-11(10-12)8-9-17(14)21(19,20)13-4-2-1-3-5-13/h1-10H,(H2,16,18). The van der Waals surface area contributed by atoms with Gasteiger partial charge in [-0.25, -0.2) is 12.4 Å². The van der Waals surface area contributed by atoms with Gasteiger partial charge < -0.3 is 5.73 Å². The number of fused-ring (bicyclic) bond motifs is 1. The van der Waals surface area contributed by atoms with Crippen LogP contribution in [0.4, 0.5) is 0 Å². The van der Waals surface area contributed by atoms with Gasteiger partial charge in [0, 0.05) is 17.1 Å². The minimum atomic E-state index is -3.65. The van der Waals surface area contributed by atoms with Crippen LogP contribution in [0.15, 0.2) is 65.7 Å². The minimum Gasteiger partial charge on any atom is -0.366 e. The second-order valence-electron chi connectivity index (χ2n) is 4.57. The van der Waals surface area contributed by atoms with E-state index in [1.165, 1.54) is 16.2 Å². The molecule has 0 fully saturated rings. The maximum Gasteiger partial charge on any atom is 0.268 e. The van der Waals surface area contributed by atoms with Crippen molar-refractivity contribution in [1.82, 2.24) is 3.97 Å². The summed E-state index contributed by atoms with van der Waals surface area (Å²) in [4.78, 5) is 11.4. The number of amides is 1. The number of benzene rings is 2. The Balaban J connectivity index is 2.20. The number of rotatable bonds is 3. The Morgan fingerprint density at radius 2 is 1.71 bits per heavy atom. The van der Waals surface area contributed by atoms with Crippen molar-refractivity contribution in [3.8, 4) is 0 Å². The van der Waals surface area contributed by atoms with E-state index < -0.39 is 15.9 Å². The largest absolute Gasteiger partial charge is 0.366 e. The number of primary amides is 1. The third kappa shape index (κ3) is 2.19. The molecule has 6 heteroatoms. The van der Waals surface area contributed by atoms with Gasteiger partial charge in [-0.05, 0) is 36.4 Å². The summed E-state index contributed by atoms with van der Waals surface area (Å²) >= 11 is 0. The van der Waals surface area contributed by atoms with E-state index in [9.17, 15) is 13.2 Å². The zero-order valence-electron chi connectivity index (χ0n) is 10.9. The van der Waals surface area contributed by atoms with Crippen molar-refractivity contribution in [2.75, 3.05) is 0 Å². The molecule has 2 N–H and O–H groups in total. The predicted molar refractivity (Wildman–Crippen MR) is 79.5 cm³/mol. The molecule has 3 aromatic rings. The summed E-state index contributed by atoms with van der Waals surface area (Å²) in [6.45, 7) is 0. The van der Waals surface area contributed by atoms with E-state index in [1.807, 2.05) is 0 Å². The van der Waals surface area contributed by atoms with Crippen molar-refractivity contribution in [2.45, 2.75) is 4.90 Å². The summed E-state index contributed by atoms with van der Waals surface area (Å²) in [7, 11) is -3.65. The first-order valence-electron chi connectivity index (χ1n) is 6.22. The van der Waals surface area contributed by atoms with Crippen LogP contribution in [0.3, 0.4) is 0 Å². The van der Waals surface area contributed by atoms with Gasteiger partial charge in [0.05, 0.1) is 10.4 Å². The average molecular weight is 300 g/mol. The Kier molecular flexibility index (Phi) is 3.03. The lowest BCUT2D eigenvalue weighted by Crippen LogP contribution is -2.12. The second kappa shape index (κ2) is 4.75. The summed E-state index contributed by atoms with van der Waals surface area (Å²) in [6.07, 6.45) is 1.47. The van der Waals surface area contributed by atoms with Crippen molar-refractivity contribution >= 4 is 26.8 Å². The first kappa shape index (κ1) is 13.4. The molecular formula is C15H12N2O3S. The van der Waals surface area contributed by atoms with Crippen molar-refractivity contribution in [3.63, 3.8) is 0 Å². The van der Waals surface area contributed by atoms with Crippen molar-refractivity contribution in [3.05, 3.63) is 66.4 Å². The zero-order chi connectivity index (χ0) is 15.0. The molecular weight excluding hydrogens is 288 g/mol. The Hall–Kier alpha value is -2.60. The van der Waals surface area contributed by atoms with Gasteiger partial charge in [-0.3, -0.25) is 4.79 Å². The molecule has 0 saturated carbocycles. The van der Waals surface area contributed by atoms with Crippen LogP contribution in [-0.2, 0) is 10.0 Å². The van der Waals surface area contributed by atoms with Gasteiger partial charge >= 0.3 is 0 Å². The predicted octanol–water partition coefficient (Wildman–Crippen LogP) is 1.98. The number of nitrogens with zero attached hydrogens (tertiary/aromatic N) is 1. The molecule has 106 valence electrons. The number of hydrogen-bond acceptors (Lipinski definition) is 3. The summed E-state index contributed by atoms with van der Waals surface area (Å²) < 4.78 is 26.4. The van der Waals surface area contributed by atoms with E-state index >= 15 is 0 Å². The maximum atomic E-state index is 12.6. The fourth-order valence-corrected chi connectivity index (χ4v) is 3.56. The van der Waals surface area contributed by atoms with E-state index in [0.717, 1.165) is 0 Å². The molecule has 1 aromatic heterocycles. The molecule has 21 heavy (non-hydrogen) atoms. The van der Waals surface area contributed by atoms with Crippen LogP contribution in [-0.4, -0.2) is 18.3 Å². The Labute approximate surface area is 121 Å². The molecule has 0 atom stereocenters. The van der Waals surface area contributed by atoms with Crippen LogP contribution < -0.4 is 5.73 Å². The second-order valence-corrected chi connectivity index (χ2v) is 6.38. The van der Waals surface area contributed by atoms with E-state index in [-0.39, 0.29) is 4.90 Å². The van der Waals surface area contributed by atoms with Gasteiger partial charge in [0.15, 0.2) is 0 Å². The molecule has 0 bridgehead atoms. The highest BCUT2D eigenvalue weighted by Crippen LogP contribution is 2.23. The lowest BCUT2D eigenvalue weighted by molar-refractivity contribution is 0.100. The lowest BCUT2D eigenvalue weighted by atomic mass is 10.1. The average Bonchev–Trinajstić information content (AvgIpc) is 2.91. The molecule has 5 nitrogen and oxygen atoms in total. The number of carbonyl (C=O) groups is 1. The highest BCUT2D eigenvalue weighted by atomic mass is 32.2. The molecule has 0 aliphatic carbocycles. The van der Waals surface area contributed by atoms with E-state index in [0.29, 0.717) is 16.5 Å². The molecule has 0 radical (unpaired) electrons. The van der Waals surface area contributed by atoms with Crippen LogP contribution in [0.2, 0.25) is 0 Å². The first-order valence-corrected chi connectivity index (χ1v) is 7.66. The SMILES string of the molecule is NC(=O)c1ccc2c(ccn2S(=O)(=O)c2ccccc2)c1. The number of carbonyl (C=O) groups excluding carboxylic acids is 1. The minimum absolute atomic E-state index is 0.210. The van der Waals surface area contributed by atoms with Gasteiger partial charge in [-0.2, -0.15) is 0 Å². The van der Waals surface area contributed by atoms with Crippen molar-refractivity contribution in [2.24, 2.45) is 5.73 Å². The van der Waals surface area contributed by atoms with Crippen LogP contribution in [0.1, 0.15) is 10.4 Å². The topological polar surface area (TPSA) is 82.2 Å². The Morgan fingerprint density at radius 3 is 2.38 bits per heavy atom. The quantitative estimate of drug-likeness (QED) is 0.803. The van der Waals surface area contributed by atoms with Gasteiger partial charge in [-0.15, -0.1) is 0 Å². The number of aromatic nitrogens is 1. The van der Waals surface area contributed by atoms with Crippen molar-refractivity contribution in [1.29, 1.82) is 0 Å². The number of nitrogens with two attached hydrogens (primary N) is 1. The highest BCUT2D eigenvalue weighted by molar-refractivity contribution is 7.90. The smallest absolute Gasteiger partial charge is 0.268 e. The summed E-state index contributed by atoms with van der Waals surface area (Å²) in [5.74, 6) is -0.546. The van der Waals surface area contributed by atoms with Crippen LogP contribution in [0.5, 0.6) is 0 Å². The molecule has 2 aromatic carbocycles. The monoisotopic (exact) mass is 300 g/mol. The molecule has 1 amide bonds. The maximum absolute atomic E-state index is 12.6. The van der Waals surface area contributed by atoms with Gasteiger partial charge in [0.1, 0.15) is 0 Å². The van der Waals surface area contributed by atoms with E-state index in [2.05, 4.69) is 0 Å². The van der Waals surface area contributed by atoms with Crippen LogP contribution >= 0.6 is 0 Å². The summed E-state index contributed by atoms with van der Waals surface area (Å²) in [5, 5.41) is 0.644. The third-order valence-electron chi connectivity index (χ3n) is 3.24. The Morgan fingerprint density at radius 1 is 1.00 bits per heavy atom. The highest BCUT2D eigenvalue weighted by Gasteiger charge is 2.18. The van der Waals surface area contributed by atoms with E-state index in [1.54, 1.807) is 48.5 Å². The Bertz CT molecular complexity index is 928. The molecule has 0 spiro atoms. The van der Waals surface area contributed by atoms with Crippen LogP contribution in [0.25, 0.3) is 10.9 Å². The van der Waals surface area contributed by atoms with Gasteiger partial charge in [0.2, 0.25) is 5.91 Å². The molecule has 3 rings (SSSR count). The van der Waals surface area contributed by atoms with Crippen LogP contribution in [0, 0.1) is 0 Å². The lowest BCUT2D eigenvalue weighted by Gasteiger charge is -2.07. The molecule has 0 unspecified atom stereocenters. The fraction of sp³-hybridized carbons (Fsp3) is 0. The zero-order valence-corrected chi connectivity index (χ0v) is 11.7. The summed E-state index contributed by atoms with van der Waals surface area (Å²) in [5.41, 5.74) is 6.07. The molecule has 0 aliphatic heterocycles. The fourth-order valence-electron chi connectivity index (χ4n) is 2.19. The number of hydrogen-bond donors (Lipinski definition) is 1.